The van der Waals surface area contributed by atoms with Crippen molar-refractivity contribution in [1.82, 2.24) is 0 Å². The van der Waals surface area contributed by atoms with Gasteiger partial charge in [-0.15, -0.1) is 0 Å². The lowest BCUT2D eigenvalue weighted by molar-refractivity contribution is -0.288. The van der Waals surface area contributed by atoms with Gasteiger partial charge in [-0.3, -0.25) is 0 Å². The van der Waals surface area contributed by atoms with Crippen molar-refractivity contribution in [3.8, 4) is 0 Å². The van der Waals surface area contributed by atoms with Crippen LogP contribution in [0.2, 0.25) is 6.04 Å². The van der Waals surface area contributed by atoms with Gasteiger partial charge in [0.15, 0.2) is 0 Å². The van der Waals surface area contributed by atoms with Crippen LogP contribution in [0.15, 0.2) is 0 Å². The molecule has 0 aromatic heterocycles. The van der Waals surface area contributed by atoms with Gasteiger partial charge in [0.2, 0.25) is 0 Å². The van der Waals surface area contributed by atoms with Gasteiger partial charge in [0.25, 0.3) is 0 Å². The lowest BCUT2D eigenvalue weighted by Crippen LogP contribution is -2.54. The number of hydrogen-bond acceptors (Lipinski definition) is 4. The van der Waals surface area contributed by atoms with Crippen LogP contribution in [-0.2, 0) is 18.0 Å². The lowest BCUT2D eigenvalue weighted by Gasteiger charge is -2.37. The van der Waals surface area contributed by atoms with Crippen molar-refractivity contribution in [2.45, 2.75) is 24.9 Å². The fourth-order valence-electron chi connectivity index (χ4n) is 1.36. The molecular weight excluding hydrogens is 195 g/mol. The zero-order chi connectivity index (χ0) is 9.95. The van der Waals surface area contributed by atoms with Crippen molar-refractivity contribution in [3.05, 3.63) is 0 Å². The second kappa shape index (κ2) is 4.01. The summed E-state index contributed by atoms with van der Waals surface area (Å²) in [5.41, 5.74) is 0. The number of ether oxygens (including phenoxy) is 1. The smallest absolute Gasteiger partial charge is 0.377 e. The van der Waals surface area contributed by atoms with Gasteiger partial charge in [0.1, 0.15) is 0 Å². The summed E-state index contributed by atoms with van der Waals surface area (Å²) >= 11 is 0. The minimum Gasteiger partial charge on any atom is -0.377 e. The van der Waals surface area contributed by atoms with Crippen molar-refractivity contribution in [1.29, 1.82) is 0 Å². The molecule has 0 bridgehead atoms. The topological polar surface area (TPSA) is 36.9 Å². The second-order valence-electron chi connectivity index (χ2n) is 2.91. The molecule has 6 heteroatoms. The highest BCUT2D eigenvalue weighted by Crippen LogP contribution is 2.35. The molecule has 0 N–H and O–H groups in total. The van der Waals surface area contributed by atoms with E-state index in [0.29, 0.717) is 12.5 Å². The summed E-state index contributed by atoms with van der Waals surface area (Å²) < 4.78 is 33.5. The highest BCUT2D eigenvalue weighted by atomic mass is 28.4. The van der Waals surface area contributed by atoms with E-state index in [2.05, 4.69) is 4.74 Å². The average molecular weight is 210 g/mol. The van der Waals surface area contributed by atoms with Crippen LogP contribution in [0.25, 0.3) is 0 Å². The first-order chi connectivity index (χ1) is 6.10. The molecule has 1 atom stereocenters. The van der Waals surface area contributed by atoms with Crippen LogP contribution in [0.3, 0.4) is 0 Å². The third-order valence-corrected chi connectivity index (χ3v) is 5.02. The summed E-state index contributed by atoms with van der Waals surface area (Å²) in [5, 5.41) is 0. The van der Waals surface area contributed by atoms with E-state index in [1.807, 2.05) is 0 Å². The Morgan fingerprint density at radius 2 is 1.92 bits per heavy atom. The van der Waals surface area contributed by atoms with Gasteiger partial charge in [-0.2, -0.15) is 4.39 Å². The summed E-state index contributed by atoms with van der Waals surface area (Å²) in [6.07, 6.45) is 0.878. The van der Waals surface area contributed by atoms with Crippen LogP contribution in [-0.4, -0.2) is 36.2 Å². The van der Waals surface area contributed by atoms with E-state index in [9.17, 15) is 4.39 Å². The molecule has 78 valence electrons. The van der Waals surface area contributed by atoms with Crippen molar-refractivity contribution in [3.63, 3.8) is 0 Å². The van der Waals surface area contributed by atoms with Crippen LogP contribution in [0.4, 0.5) is 4.39 Å². The van der Waals surface area contributed by atoms with Gasteiger partial charge in [0.05, 0.1) is 0 Å². The zero-order valence-electron chi connectivity index (χ0n) is 8.13. The Labute approximate surface area is 78.3 Å². The molecule has 13 heavy (non-hydrogen) atoms. The van der Waals surface area contributed by atoms with E-state index in [1.165, 1.54) is 21.3 Å². The predicted molar refractivity (Wildman–Crippen MR) is 45.7 cm³/mol. The number of methoxy groups -OCH3 is 1. The molecule has 0 radical (unpaired) electrons. The van der Waals surface area contributed by atoms with Crippen molar-refractivity contribution >= 4 is 8.80 Å². The molecule has 0 amide bonds. The van der Waals surface area contributed by atoms with E-state index >= 15 is 0 Å². The molecule has 0 aromatic carbocycles. The number of alkyl halides is 1. The van der Waals surface area contributed by atoms with Crippen molar-refractivity contribution in [2.75, 3.05) is 21.3 Å². The molecule has 4 nitrogen and oxygen atoms in total. The summed E-state index contributed by atoms with van der Waals surface area (Å²) in [6, 6.07) is -1.40. The Balaban J connectivity index is 2.69. The lowest BCUT2D eigenvalue weighted by atomic mass is 10.3. The van der Waals surface area contributed by atoms with E-state index < -0.39 is 14.8 Å². The SMILES string of the molecule is COC1(F)CCC[Si](OC)(OC)O1. The molecule has 1 fully saturated rings. The Kier molecular flexibility index (Phi) is 3.42. The van der Waals surface area contributed by atoms with Crippen molar-refractivity contribution < 1.29 is 22.4 Å². The zero-order valence-corrected chi connectivity index (χ0v) is 9.13. The minimum atomic E-state index is -2.79. The standard InChI is InChI=1S/C7H15FO4Si/c1-9-7(8)5-4-6-13(10-2,11-3)12-7/h4-6H2,1-3H3. The van der Waals surface area contributed by atoms with E-state index in [4.69, 9.17) is 13.3 Å². The summed E-state index contributed by atoms with van der Waals surface area (Å²) in [7, 11) is 1.43. The molecule has 0 spiro atoms. The van der Waals surface area contributed by atoms with Crippen molar-refractivity contribution in [2.24, 2.45) is 0 Å². The molecule has 0 aliphatic carbocycles. The first-order valence-corrected chi connectivity index (χ1v) is 6.07. The first-order valence-electron chi connectivity index (χ1n) is 4.14. The maximum absolute atomic E-state index is 13.6. The molecule has 1 aliphatic heterocycles. The summed E-state index contributed by atoms with van der Waals surface area (Å²) in [4.78, 5) is 0. The second-order valence-corrected chi connectivity index (χ2v) is 5.80. The molecule has 1 rings (SSSR count). The molecular formula is C7H15FO4Si. The summed E-state index contributed by atoms with van der Waals surface area (Å²) in [5.74, 6) is 0. The van der Waals surface area contributed by atoms with Gasteiger partial charge in [-0.1, -0.05) is 0 Å². The van der Waals surface area contributed by atoms with Gasteiger partial charge < -0.3 is 18.0 Å². The van der Waals surface area contributed by atoms with Gasteiger partial charge in [-0.25, -0.2) is 0 Å². The Bertz CT molecular complexity index is 176. The number of hydrogen-bond donors (Lipinski definition) is 0. The number of rotatable bonds is 3. The molecule has 1 heterocycles. The highest BCUT2D eigenvalue weighted by molar-refractivity contribution is 6.60. The molecule has 1 unspecified atom stereocenters. The monoisotopic (exact) mass is 210 g/mol. The minimum absolute atomic E-state index is 0.227. The Morgan fingerprint density at radius 1 is 1.31 bits per heavy atom. The van der Waals surface area contributed by atoms with Crippen LogP contribution >= 0.6 is 0 Å². The average Bonchev–Trinajstić information content (AvgIpc) is 2.18. The predicted octanol–water partition coefficient (Wildman–Crippen LogP) is 1.30. The van der Waals surface area contributed by atoms with E-state index in [1.54, 1.807) is 0 Å². The van der Waals surface area contributed by atoms with Crippen LogP contribution in [0.5, 0.6) is 0 Å². The van der Waals surface area contributed by atoms with E-state index in [0.717, 1.165) is 0 Å². The fraction of sp³-hybridized carbons (Fsp3) is 1.00. The molecule has 0 saturated carbocycles. The van der Waals surface area contributed by atoms with Crippen LogP contribution < -0.4 is 0 Å². The molecule has 1 aliphatic rings. The summed E-state index contributed by atoms with van der Waals surface area (Å²) in [6.45, 7) is 0. The third kappa shape index (κ3) is 2.26. The Morgan fingerprint density at radius 3 is 2.38 bits per heavy atom. The highest BCUT2D eigenvalue weighted by Gasteiger charge is 2.52. The normalized spacial score (nSPS) is 33.2. The quantitative estimate of drug-likeness (QED) is 0.658. The van der Waals surface area contributed by atoms with Gasteiger partial charge in [-0.05, 0) is 6.42 Å². The molecule has 1 saturated heterocycles. The Hall–Kier alpha value is -0.0131. The van der Waals surface area contributed by atoms with Gasteiger partial charge in [0, 0.05) is 33.8 Å². The van der Waals surface area contributed by atoms with Gasteiger partial charge >= 0.3 is 14.8 Å². The fourth-order valence-corrected chi connectivity index (χ4v) is 3.47. The maximum Gasteiger partial charge on any atom is 0.504 e. The van der Waals surface area contributed by atoms with Crippen LogP contribution in [0, 0.1) is 0 Å². The third-order valence-electron chi connectivity index (χ3n) is 2.19. The number of halogens is 1. The maximum atomic E-state index is 13.6. The largest absolute Gasteiger partial charge is 0.504 e. The molecule has 0 aromatic rings. The van der Waals surface area contributed by atoms with E-state index in [-0.39, 0.29) is 6.42 Å². The van der Waals surface area contributed by atoms with Crippen LogP contribution in [0.1, 0.15) is 12.8 Å². The first kappa shape index (κ1) is 11.1.